The average molecular weight is 465 g/mol. The maximum absolute atomic E-state index is 6.01. The molecule has 0 atom stereocenters. The summed E-state index contributed by atoms with van der Waals surface area (Å²) in [6.45, 7) is 3.79. The second-order valence-electron chi connectivity index (χ2n) is 7.98. The van der Waals surface area contributed by atoms with E-state index in [1.54, 1.807) is 23.1 Å². The number of hydrogen-bond acceptors (Lipinski definition) is 10. The lowest BCUT2D eigenvalue weighted by Crippen LogP contribution is -1.98. The molecular formula is C24H19N9O2. The van der Waals surface area contributed by atoms with Gasteiger partial charge in [-0.1, -0.05) is 11.2 Å². The maximum Gasteiger partial charge on any atom is 0.224 e. The molecule has 0 aliphatic carbocycles. The molecule has 0 aliphatic heterocycles. The molecule has 0 fully saturated rings. The summed E-state index contributed by atoms with van der Waals surface area (Å²) in [4.78, 5) is 13.1. The Morgan fingerprint density at radius 1 is 1.00 bits per heavy atom. The van der Waals surface area contributed by atoms with Gasteiger partial charge < -0.3 is 20.3 Å². The zero-order valence-electron chi connectivity index (χ0n) is 18.8. The highest BCUT2D eigenvalue weighted by molar-refractivity contribution is 5.95. The molecule has 3 N–H and O–H groups in total. The molecule has 11 nitrogen and oxygen atoms in total. The Kier molecular flexibility index (Phi) is 4.73. The lowest BCUT2D eigenvalue weighted by Gasteiger charge is -2.12. The van der Waals surface area contributed by atoms with Crippen LogP contribution in [0.5, 0.6) is 11.6 Å². The Morgan fingerprint density at radius 2 is 1.91 bits per heavy atom. The summed E-state index contributed by atoms with van der Waals surface area (Å²) >= 11 is 0. The number of aryl methyl sites for hydroxylation is 2. The van der Waals surface area contributed by atoms with Crippen molar-refractivity contribution in [3.63, 3.8) is 0 Å². The van der Waals surface area contributed by atoms with E-state index in [1.807, 2.05) is 50.2 Å². The Labute approximate surface area is 198 Å². The molecule has 0 saturated heterocycles. The molecule has 0 aliphatic rings. The van der Waals surface area contributed by atoms with Gasteiger partial charge >= 0.3 is 0 Å². The first kappa shape index (κ1) is 20.5. The van der Waals surface area contributed by atoms with Gasteiger partial charge in [-0.3, -0.25) is 4.40 Å². The van der Waals surface area contributed by atoms with E-state index < -0.39 is 0 Å². The molecule has 0 amide bonds. The van der Waals surface area contributed by atoms with Gasteiger partial charge in [-0.15, -0.1) is 10.2 Å². The van der Waals surface area contributed by atoms with Crippen LogP contribution in [-0.4, -0.2) is 34.7 Å². The van der Waals surface area contributed by atoms with Crippen molar-refractivity contribution in [3.8, 4) is 22.8 Å². The SMILES string of the molecule is Cc1cc(Nc2ncnc3ccc(-c4c(N)noc4C)cc23)ccc1Oc1cc2nncn2cn1. The predicted molar refractivity (Wildman–Crippen MR) is 130 cm³/mol. The van der Waals surface area contributed by atoms with Crippen LogP contribution in [0.3, 0.4) is 0 Å². The van der Waals surface area contributed by atoms with Gasteiger partial charge in [0.05, 0.1) is 11.1 Å². The smallest absolute Gasteiger partial charge is 0.224 e. The normalized spacial score (nSPS) is 11.3. The summed E-state index contributed by atoms with van der Waals surface area (Å²) in [6, 6.07) is 13.3. The minimum atomic E-state index is 0.345. The van der Waals surface area contributed by atoms with Crippen molar-refractivity contribution >= 4 is 33.9 Å². The molecule has 172 valence electrons. The van der Waals surface area contributed by atoms with E-state index in [4.69, 9.17) is 15.0 Å². The summed E-state index contributed by atoms with van der Waals surface area (Å²) in [5, 5.41) is 16.0. The Hall–Kier alpha value is -5.06. The number of nitrogens with one attached hydrogen (secondary N) is 1. The topological polar surface area (TPSA) is 142 Å². The standard InChI is InChI=1S/C24H19N9O2/c1-13-7-16(4-6-19(13)34-21-9-20-31-29-12-33(20)11-28-21)30-24-17-8-15(3-5-18(17)26-10-27-24)22-14(2)35-32-23(22)25/h3-12H,1-2H3,(H2,25,32)(H,26,27,30). The third-order valence-corrected chi connectivity index (χ3v) is 5.63. The van der Waals surface area contributed by atoms with E-state index in [1.165, 1.54) is 6.33 Å². The van der Waals surface area contributed by atoms with Crippen molar-refractivity contribution < 1.29 is 9.26 Å². The number of fused-ring (bicyclic) bond motifs is 2. The summed E-state index contributed by atoms with van der Waals surface area (Å²) in [7, 11) is 0. The number of anilines is 3. The van der Waals surface area contributed by atoms with Crippen molar-refractivity contribution in [1.29, 1.82) is 0 Å². The number of nitrogens with zero attached hydrogens (tertiary/aromatic N) is 7. The molecule has 2 aromatic carbocycles. The van der Waals surface area contributed by atoms with Crippen LogP contribution < -0.4 is 15.8 Å². The lowest BCUT2D eigenvalue weighted by molar-refractivity contribution is 0.401. The highest BCUT2D eigenvalue weighted by Crippen LogP contribution is 2.34. The molecule has 0 saturated carbocycles. The summed E-state index contributed by atoms with van der Waals surface area (Å²) in [6.07, 6.45) is 4.72. The molecule has 11 heteroatoms. The van der Waals surface area contributed by atoms with Crippen LogP contribution >= 0.6 is 0 Å². The van der Waals surface area contributed by atoms with E-state index in [9.17, 15) is 0 Å². The molecular weight excluding hydrogens is 446 g/mol. The maximum atomic E-state index is 6.01. The second-order valence-corrected chi connectivity index (χ2v) is 7.98. The number of nitrogens with two attached hydrogens (primary N) is 1. The highest BCUT2D eigenvalue weighted by Gasteiger charge is 2.15. The zero-order chi connectivity index (χ0) is 23.9. The van der Waals surface area contributed by atoms with Gasteiger partial charge in [-0.2, -0.15) is 0 Å². The minimum Gasteiger partial charge on any atom is -0.439 e. The summed E-state index contributed by atoms with van der Waals surface area (Å²) in [5.74, 6) is 2.78. The van der Waals surface area contributed by atoms with Crippen LogP contribution in [0.25, 0.3) is 27.7 Å². The lowest BCUT2D eigenvalue weighted by atomic mass is 10.0. The van der Waals surface area contributed by atoms with Gasteiger partial charge in [0.1, 0.15) is 36.3 Å². The molecule has 6 rings (SSSR count). The molecule has 35 heavy (non-hydrogen) atoms. The fourth-order valence-corrected chi connectivity index (χ4v) is 3.91. The first-order valence-corrected chi connectivity index (χ1v) is 10.7. The number of benzene rings is 2. The van der Waals surface area contributed by atoms with Gasteiger partial charge in [0, 0.05) is 17.1 Å². The van der Waals surface area contributed by atoms with Crippen molar-refractivity contribution in [2.45, 2.75) is 13.8 Å². The number of nitrogen functional groups attached to an aromatic ring is 1. The molecule has 0 radical (unpaired) electrons. The van der Waals surface area contributed by atoms with Gasteiger partial charge in [0.25, 0.3) is 0 Å². The van der Waals surface area contributed by atoms with E-state index in [2.05, 4.69) is 35.6 Å². The molecule has 4 heterocycles. The third-order valence-electron chi connectivity index (χ3n) is 5.63. The Balaban J connectivity index is 1.30. The third kappa shape index (κ3) is 3.74. The second kappa shape index (κ2) is 8.06. The quantitative estimate of drug-likeness (QED) is 0.375. The predicted octanol–water partition coefficient (Wildman–Crippen LogP) is 4.46. The Morgan fingerprint density at radius 3 is 2.74 bits per heavy atom. The molecule has 6 aromatic rings. The molecule has 0 unspecified atom stereocenters. The summed E-state index contributed by atoms with van der Waals surface area (Å²) in [5.41, 5.74) is 10.9. The van der Waals surface area contributed by atoms with Crippen LogP contribution in [0, 0.1) is 13.8 Å². The Bertz CT molecular complexity index is 1690. The fourth-order valence-electron chi connectivity index (χ4n) is 3.91. The number of hydrogen-bond donors (Lipinski definition) is 2. The van der Waals surface area contributed by atoms with Gasteiger partial charge in [-0.25, -0.2) is 15.0 Å². The van der Waals surface area contributed by atoms with Crippen molar-refractivity contribution in [2.24, 2.45) is 0 Å². The molecule has 0 bridgehead atoms. The average Bonchev–Trinajstić information content (AvgIpc) is 3.46. The highest BCUT2D eigenvalue weighted by atomic mass is 16.5. The molecule has 0 spiro atoms. The largest absolute Gasteiger partial charge is 0.439 e. The van der Waals surface area contributed by atoms with Crippen molar-refractivity contribution in [1.82, 2.24) is 34.7 Å². The van der Waals surface area contributed by atoms with Gasteiger partial charge in [-0.05, 0) is 55.3 Å². The fraction of sp³-hybridized carbons (Fsp3) is 0.0833. The minimum absolute atomic E-state index is 0.345. The van der Waals surface area contributed by atoms with Crippen LogP contribution in [-0.2, 0) is 0 Å². The first-order chi connectivity index (χ1) is 17.0. The van der Waals surface area contributed by atoms with E-state index in [0.29, 0.717) is 34.7 Å². The summed E-state index contributed by atoms with van der Waals surface area (Å²) < 4.78 is 12.9. The van der Waals surface area contributed by atoms with Crippen molar-refractivity contribution in [3.05, 3.63) is 72.8 Å². The van der Waals surface area contributed by atoms with Crippen LogP contribution in [0.1, 0.15) is 11.3 Å². The van der Waals surface area contributed by atoms with E-state index in [-0.39, 0.29) is 0 Å². The van der Waals surface area contributed by atoms with Crippen LogP contribution in [0.15, 0.2) is 66.0 Å². The van der Waals surface area contributed by atoms with E-state index in [0.717, 1.165) is 33.3 Å². The number of aromatic nitrogens is 7. The van der Waals surface area contributed by atoms with Gasteiger partial charge in [0.2, 0.25) is 5.88 Å². The van der Waals surface area contributed by atoms with Crippen LogP contribution in [0.4, 0.5) is 17.3 Å². The zero-order valence-corrected chi connectivity index (χ0v) is 18.8. The number of ether oxygens (including phenoxy) is 1. The van der Waals surface area contributed by atoms with E-state index >= 15 is 0 Å². The monoisotopic (exact) mass is 465 g/mol. The van der Waals surface area contributed by atoms with Crippen LogP contribution in [0.2, 0.25) is 0 Å². The first-order valence-electron chi connectivity index (χ1n) is 10.7. The van der Waals surface area contributed by atoms with Gasteiger partial charge in [0.15, 0.2) is 11.5 Å². The number of rotatable bonds is 5. The molecule has 4 aromatic heterocycles. The van der Waals surface area contributed by atoms with Crippen molar-refractivity contribution in [2.75, 3.05) is 11.1 Å².